The molecular formula is C23H24F2N8. The summed E-state index contributed by atoms with van der Waals surface area (Å²) >= 11 is 0. The number of fused-ring (bicyclic) bond motifs is 1. The Bertz CT molecular complexity index is 1270. The lowest BCUT2D eigenvalue weighted by Gasteiger charge is -2.31. The fourth-order valence-corrected chi connectivity index (χ4v) is 4.00. The zero-order chi connectivity index (χ0) is 22.9. The van der Waals surface area contributed by atoms with E-state index in [9.17, 15) is 4.39 Å². The molecule has 0 amide bonds. The van der Waals surface area contributed by atoms with Crippen molar-refractivity contribution in [1.82, 2.24) is 24.6 Å². The number of halogens is 2. The molecule has 0 aliphatic carbocycles. The molecule has 170 valence electrons. The predicted molar refractivity (Wildman–Crippen MR) is 122 cm³/mol. The van der Waals surface area contributed by atoms with E-state index in [0.29, 0.717) is 30.2 Å². The number of piperidine rings is 1. The lowest BCUT2D eigenvalue weighted by atomic mass is 10.1. The van der Waals surface area contributed by atoms with Gasteiger partial charge in [-0.1, -0.05) is 6.07 Å². The second-order valence-electron chi connectivity index (χ2n) is 8.21. The SMILES string of the molecule is C[C@H](Nc1nc(-c2cnn3ccccc23)nc(N2CCC(N)CC2)c1F)c1ccc(F)cn1. The summed E-state index contributed by atoms with van der Waals surface area (Å²) < 4.78 is 30.7. The monoisotopic (exact) mass is 450 g/mol. The third-order valence-corrected chi connectivity index (χ3v) is 5.89. The molecule has 5 rings (SSSR count). The van der Waals surface area contributed by atoms with Gasteiger partial charge in [0.15, 0.2) is 17.5 Å². The first-order valence-electron chi connectivity index (χ1n) is 10.9. The maximum Gasteiger partial charge on any atom is 0.207 e. The Hall–Kier alpha value is -3.66. The molecular weight excluding hydrogens is 426 g/mol. The molecule has 4 aromatic rings. The van der Waals surface area contributed by atoms with Crippen molar-refractivity contribution in [1.29, 1.82) is 0 Å². The summed E-state index contributed by atoms with van der Waals surface area (Å²) in [5, 5.41) is 7.46. The van der Waals surface area contributed by atoms with E-state index in [0.717, 1.165) is 24.6 Å². The highest BCUT2D eigenvalue weighted by Gasteiger charge is 2.26. The molecule has 1 aliphatic rings. The van der Waals surface area contributed by atoms with Gasteiger partial charge in [-0.25, -0.2) is 18.9 Å². The van der Waals surface area contributed by atoms with Crippen LogP contribution in [0.4, 0.5) is 20.4 Å². The Balaban J connectivity index is 1.57. The zero-order valence-electron chi connectivity index (χ0n) is 18.1. The molecule has 1 atom stereocenters. The molecule has 0 unspecified atom stereocenters. The molecule has 3 N–H and O–H groups in total. The Morgan fingerprint density at radius 3 is 2.67 bits per heavy atom. The lowest BCUT2D eigenvalue weighted by Crippen LogP contribution is -2.40. The first-order chi connectivity index (χ1) is 16.0. The van der Waals surface area contributed by atoms with Crippen LogP contribution in [0.5, 0.6) is 0 Å². The van der Waals surface area contributed by atoms with Crippen LogP contribution >= 0.6 is 0 Å². The van der Waals surface area contributed by atoms with E-state index in [4.69, 9.17) is 5.73 Å². The Kier molecular flexibility index (Phi) is 5.59. The standard InChI is InChI=1S/C23H24F2N8/c1-14(18-6-5-15(24)12-27-18)29-22-20(25)23(32-10-7-16(26)8-11-32)31-21(30-22)17-13-28-33-9-3-2-4-19(17)33/h2-6,9,12-14,16H,7-8,10-11,26H2,1H3,(H,29,30,31)/t14-/m0/s1. The Labute approximate surface area is 189 Å². The van der Waals surface area contributed by atoms with Crippen LogP contribution in [0.2, 0.25) is 0 Å². The van der Waals surface area contributed by atoms with Crippen LogP contribution in [0.25, 0.3) is 16.9 Å². The predicted octanol–water partition coefficient (Wildman–Crippen LogP) is 3.57. The van der Waals surface area contributed by atoms with E-state index in [2.05, 4.69) is 25.4 Å². The molecule has 10 heteroatoms. The van der Waals surface area contributed by atoms with Gasteiger partial charge in [-0.2, -0.15) is 9.49 Å². The number of nitrogens with two attached hydrogens (primary N) is 1. The molecule has 0 saturated carbocycles. The minimum Gasteiger partial charge on any atom is -0.359 e. The summed E-state index contributed by atoms with van der Waals surface area (Å²) in [5.74, 6) is -0.327. The summed E-state index contributed by atoms with van der Waals surface area (Å²) in [6, 6.07) is 8.27. The van der Waals surface area contributed by atoms with Crippen LogP contribution < -0.4 is 16.0 Å². The molecule has 1 saturated heterocycles. The van der Waals surface area contributed by atoms with Gasteiger partial charge in [0, 0.05) is 25.3 Å². The van der Waals surface area contributed by atoms with Gasteiger partial charge in [0.2, 0.25) is 5.82 Å². The topological polar surface area (TPSA) is 97.3 Å². The average Bonchev–Trinajstić information content (AvgIpc) is 3.26. The van der Waals surface area contributed by atoms with Gasteiger partial charge in [-0.05, 0) is 44.0 Å². The second-order valence-corrected chi connectivity index (χ2v) is 8.21. The number of hydrogen-bond donors (Lipinski definition) is 2. The van der Waals surface area contributed by atoms with Crippen LogP contribution in [0.1, 0.15) is 31.5 Å². The Morgan fingerprint density at radius 1 is 1.09 bits per heavy atom. The summed E-state index contributed by atoms with van der Waals surface area (Å²) in [6.07, 6.45) is 6.16. The summed E-state index contributed by atoms with van der Waals surface area (Å²) in [4.78, 5) is 15.1. The van der Waals surface area contributed by atoms with E-state index in [1.165, 1.54) is 6.07 Å². The number of anilines is 2. The van der Waals surface area contributed by atoms with Crippen molar-refractivity contribution >= 4 is 17.2 Å². The first-order valence-corrected chi connectivity index (χ1v) is 10.9. The fourth-order valence-electron chi connectivity index (χ4n) is 4.00. The number of nitrogens with one attached hydrogen (secondary N) is 1. The molecule has 0 aromatic carbocycles. The van der Waals surface area contributed by atoms with Crippen LogP contribution in [-0.2, 0) is 0 Å². The van der Waals surface area contributed by atoms with Gasteiger partial charge >= 0.3 is 0 Å². The molecule has 5 heterocycles. The number of rotatable bonds is 5. The molecule has 4 aromatic heterocycles. The third kappa shape index (κ3) is 4.21. The molecule has 1 aliphatic heterocycles. The maximum atomic E-state index is 15.7. The van der Waals surface area contributed by atoms with Gasteiger partial charge in [-0.3, -0.25) is 4.98 Å². The van der Waals surface area contributed by atoms with E-state index < -0.39 is 17.7 Å². The van der Waals surface area contributed by atoms with Crippen molar-refractivity contribution in [2.75, 3.05) is 23.3 Å². The summed E-state index contributed by atoms with van der Waals surface area (Å²) in [6.45, 7) is 3.03. The maximum absolute atomic E-state index is 15.7. The van der Waals surface area contributed by atoms with E-state index in [-0.39, 0.29) is 17.7 Å². The normalized spacial score (nSPS) is 15.7. The van der Waals surface area contributed by atoms with Crippen molar-refractivity contribution in [2.45, 2.75) is 31.8 Å². The Morgan fingerprint density at radius 2 is 1.91 bits per heavy atom. The fraction of sp³-hybridized carbons (Fsp3) is 0.304. The number of aromatic nitrogens is 5. The van der Waals surface area contributed by atoms with Crippen LogP contribution in [0.15, 0.2) is 48.9 Å². The van der Waals surface area contributed by atoms with Gasteiger partial charge in [0.05, 0.1) is 35.2 Å². The van der Waals surface area contributed by atoms with E-state index in [1.54, 1.807) is 16.8 Å². The largest absolute Gasteiger partial charge is 0.359 e. The zero-order valence-corrected chi connectivity index (χ0v) is 18.1. The van der Waals surface area contributed by atoms with Crippen LogP contribution in [0.3, 0.4) is 0 Å². The smallest absolute Gasteiger partial charge is 0.207 e. The third-order valence-electron chi connectivity index (χ3n) is 5.89. The van der Waals surface area contributed by atoms with Gasteiger partial charge in [0.25, 0.3) is 0 Å². The van der Waals surface area contributed by atoms with Gasteiger partial charge in [0.1, 0.15) is 5.82 Å². The van der Waals surface area contributed by atoms with Crippen LogP contribution in [0, 0.1) is 11.6 Å². The van der Waals surface area contributed by atoms with Crippen molar-refractivity contribution in [3.05, 3.63) is 66.3 Å². The highest BCUT2D eigenvalue weighted by molar-refractivity contribution is 5.77. The number of nitrogens with zero attached hydrogens (tertiary/aromatic N) is 6. The molecule has 0 bridgehead atoms. The average molecular weight is 450 g/mol. The van der Waals surface area contributed by atoms with Crippen molar-refractivity contribution < 1.29 is 8.78 Å². The van der Waals surface area contributed by atoms with E-state index >= 15 is 4.39 Å². The molecule has 1 fully saturated rings. The highest BCUT2D eigenvalue weighted by Crippen LogP contribution is 2.31. The number of hydrogen-bond acceptors (Lipinski definition) is 7. The summed E-state index contributed by atoms with van der Waals surface area (Å²) in [5.41, 5.74) is 8.12. The molecule has 0 radical (unpaired) electrons. The van der Waals surface area contributed by atoms with E-state index in [1.807, 2.05) is 36.2 Å². The number of pyridine rings is 2. The highest BCUT2D eigenvalue weighted by atomic mass is 19.1. The second kappa shape index (κ2) is 8.70. The minimum absolute atomic E-state index is 0.0544. The first kappa shape index (κ1) is 21.2. The van der Waals surface area contributed by atoms with Gasteiger partial charge in [-0.15, -0.1) is 0 Å². The van der Waals surface area contributed by atoms with Crippen molar-refractivity contribution in [2.24, 2.45) is 5.73 Å². The molecule has 8 nitrogen and oxygen atoms in total. The van der Waals surface area contributed by atoms with Crippen molar-refractivity contribution in [3.63, 3.8) is 0 Å². The minimum atomic E-state index is -0.542. The molecule has 33 heavy (non-hydrogen) atoms. The molecule has 0 spiro atoms. The van der Waals surface area contributed by atoms with Gasteiger partial charge < -0.3 is 16.0 Å². The summed E-state index contributed by atoms with van der Waals surface area (Å²) in [7, 11) is 0. The van der Waals surface area contributed by atoms with Crippen molar-refractivity contribution in [3.8, 4) is 11.4 Å². The lowest BCUT2D eigenvalue weighted by molar-refractivity contribution is 0.489. The quantitative estimate of drug-likeness (QED) is 0.480. The van der Waals surface area contributed by atoms with Crippen LogP contribution in [-0.4, -0.2) is 43.7 Å².